The highest BCUT2D eigenvalue weighted by atomic mass is 16.2. The molecule has 0 bridgehead atoms. The lowest BCUT2D eigenvalue weighted by molar-refractivity contribution is -0.140. The summed E-state index contributed by atoms with van der Waals surface area (Å²) in [6.45, 7) is 5.83. The van der Waals surface area contributed by atoms with E-state index in [4.69, 9.17) is 0 Å². The monoisotopic (exact) mass is 224 g/mol. The third-order valence-corrected chi connectivity index (χ3v) is 2.94. The number of hydrogen-bond donors (Lipinski definition) is 0. The Labute approximate surface area is 96.6 Å². The molecule has 1 aliphatic rings. The largest absolute Gasteiger partial charge is 0.300 e. The highest BCUT2D eigenvalue weighted by molar-refractivity contribution is 6.07. The maximum atomic E-state index is 11.7. The van der Waals surface area contributed by atoms with Crippen LogP contribution in [0.4, 0.5) is 0 Å². The number of ketones is 3. The van der Waals surface area contributed by atoms with E-state index in [1.54, 1.807) is 0 Å². The van der Waals surface area contributed by atoms with Crippen molar-refractivity contribution in [2.45, 2.75) is 46.5 Å². The van der Waals surface area contributed by atoms with Crippen molar-refractivity contribution in [3.8, 4) is 0 Å². The first-order valence-corrected chi connectivity index (χ1v) is 5.97. The summed E-state index contributed by atoms with van der Waals surface area (Å²) in [5.41, 5.74) is 0. The van der Waals surface area contributed by atoms with Gasteiger partial charge < -0.3 is 0 Å². The quantitative estimate of drug-likeness (QED) is 0.688. The molecule has 0 atom stereocenters. The average Bonchev–Trinajstić information content (AvgIpc) is 2.09. The number of hydrogen-bond acceptors (Lipinski definition) is 3. The van der Waals surface area contributed by atoms with Crippen LogP contribution in [0.15, 0.2) is 0 Å². The molecule has 0 spiro atoms. The Morgan fingerprint density at radius 2 is 1.75 bits per heavy atom. The van der Waals surface area contributed by atoms with Gasteiger partial charge in [-0.25, -0.2) is 0 Å². The van der Waals surface area contributed by atoms with E-state index in [-0.39, 0.29) is 29.7 Å². The van der Waals surface area contributed by atoms with E-state index in [1.165, 1.54) is 0 Å². The van der Waals surface area contributed by atoms with Crippen LogP contribution in [0.1, 0.15) is 46.5 Å². The van der Waals surface area contributed by atoms with Gasteiger partial charge in [-0.3, -0.25) is 14.4 Å². The summed E-state index contributed by atoms with van der Waals surface area (Å²) in [4.78, 5) is 34.9. The van der Waals surface area contributed by atoms with Gasteiger partial charge in [0.15, 0.2) is 0 Å². The Morgan fingerprint density at radius 1 is 1.25 bits per heavy atom. The van der Waals surface area contributed by atoms with Gasteiger partial charge in [0.05, 0.1) is 5.92 Å². The molecule has 0 aliphatic heterocycles. The second-order valence-corrected chi connectivity index (χ2v) is 5.34. The lowest BCUT2D eigenvalue weighted by atomic mass is 9.78. The second-order valence-electron chi connectivity index (χ2n) is 5.34. The summed E-state index contributed by atoms with van der Waals surface area (Å²) in [6, 6.07) is 0. The van der Waals surface area contributed by atoms with Crippen LogP contribution in [0.25, 0.3) is 0 Å². The first-order chi connectivity index (χ1) is 7.40. The van der Waals surface area contributed by atoms with Crippen LogP contribution in [0.5, 0.6) is 0 Å². The summed E-state index contributed by atoms with van der Waals surface area (Å²) in [6.07, 6.45) is 1.49. The Morgan fingerprint density at radius 3 is 2.19 bits per heavy atom. The molecule has 0 unspecified atom stereocenters. The van der Waals surface area contributed by atoms with Gasteiger partial charge in [-0.1, -0.05) is 20.8 Å². The normalized spacial score (nSPS) is 26.2. The minimum absolute atomic E-state index is 0.0382. The lowest BCUT2D eigenvalue weighted by Gasteiger charge is -2.23. The summed E-state index contributed by atoms with van der Waals surface area (Å²) in [7, 11) is 0. The van der Waals surface area contributed by atoms with Crippen molar-refractivity contribution >= 4 is 17.3 Å². The van der Waals surface area contributed by atoms with E-state index in [9.17, 15) is 14.4 Å². The number of rotatable bonds is 4. The fourth-order valence-corrected chi connectivity index (χ4v) is 2.22. The molecular formula is C13H20O3. The van der Waals surface area contributed by atoms with Crippen molar-refractivity contribution in [1.82, 2.24) is 0 Å². The average molecular weight is 224 g/mol. The van der Waals surface area contributed by atoms with Gasteiger partial charge in [-0.2, -0.15) is 0 Å². The van der Waals surface area contributed by atoms with Crippen LogP contribution in [0, 0.1) is 17.8 Å². The Kier molecular flexibility index (Phi) is 4.39. The van der Waals surface area contributed by atoms with Crippen molar-refractivity contribution in [3.05, 3.63) is 0 Å². The van der Waals surface area contributed by atoms with Crippen LogP contribution in [0.2, 0.25) is 0 Å². The van der Waals surface area contributed by atoms with E-state index in [0.29, 0.717) is 25.2 Å². The van der Waals surface area contributed by atoms with Gasteiger partial charge in [0, 0.05) is 25.7 Å². The topological polar surface area (TPSA) is 51.2 Å². The molecule has 0 radical (unpaired) electrons. The number of carbonyl (C=O) groups excluding carboxylic acids is 3. The molecule has 0 aromatic heterocycles. The maximum absolute atomic E-state index is 11.7. The van der Waals surface area contributed by atoms with Crippen molar-refractivity contribution in [3.63, 3.8) is 0 Å². The number of Topliss-reactive ketones (excluding diaryl/α,β-unsaturated/α-hetero) is 3. The molecule has 1 saturated carbocycles. The number of carbonyl (C=O) groups is 3. The highest BCUT2D eigenvalue weighted by Crippen LogP contribution is 2.25. The SMILES string of the molecule is CC(C)CC(=O)CC1C(=O)CC(C)CC1=O. The Bertz CT molecular complexity index is 286. The smallest absolute Gasteiger partial charge is 0.144 e. The van der Waals surface area contributed by atoms with Crippen LogP contribution in [0.3, 0.4) is 0 Å². The molecule has 3 nitrogen and oxygen atoms in total. The van der Waals surface area contributed by atoms with Gasteiger partial charge in [0.25, 0.3) is 0 Å². The molecule has 0 aromatic carbocycles. The lowest BCUT2D eigenvalue weighted by Crippen LogP contribution is -2.34. The third kappa shape index (κ3) is 3.54. The Hall–Kier alpha value is -0.990. The first kappa shape index (κ1) is 13.1. The Balaban J connectivity index is 2.56. The maximum Gasteiger partial charge on any atom is 0.144 e. The summed E-state index contributed by atoms with van der Waals surface area (Å²) < 4.78 is 0. The molecule has 0 saturated heterocycles. The molecule has 0 N–H and O–H groups in total. The highest BCUT2D eigenvalue weighted by Gasteiger charge is 2.34. The van der Waals surface area contributed by atoms with Crippen LogP contribution in [-0.4, -0.2) is 17.3 Å². The minimum atomic E-state index is -0.637. The third-order valence-electron chi connectivity index (χ3n) is 2.94. The van der Waals surface area contributed by atoms with E-state index in [1.807, 2.05) is 20.8 Å². The van der Waals surface area contributed by atoms with Crippen LogP contribution < -0.4 is 0 Å². The molecule has 0 amide bonds. The molecule has 16 heavy (non-hydrogen) atoms. The molecule has 3 heteroatoms. The van der Waals surface area contributed by atoms with Crippen molar-refractivity contribution in [1.29, 1.82) is 0 Å². The van der Waals surface area contributed by atoms with E-state index < -0.39 is 5.92 Å². The van der Waals surface area contributed by atoms with Gasteiger partial charge >= 0.3 is 0 Å². The molecule has 1 rings (SSSR count). The van der Waals surface area contributed by atoms with Gasteiger partial charge in [0.2, 0.25) is 0 Å². The first-order valence-electron chi connectivity index (χ1n) is 5.97. The summed E-state index contributed by atoms with van der Waals surface area (Å²) in [5.74, 6) is -0.239. The molecule has 90 valence electrons. The standard InChI is InChI=1S/C13H20O3/c1-8(2)4-10(14)7-11-12(15)5-9(3)6-13(11)16/h8-9,11H,4-7H2,1-3H3. The summed E-state index contributed by atoms with van der Waals surface area (Å²) in [5, 5.41) is 0. The molecular weight excluding hydrogens is 204 g/mol. The van der Waals surface area contributed by atoms with Crippen molar-refractivity contribution in [2.75, 3.05) is 0 Å². The van der Waals surface area contributed by atoms with Gasteiger partial charge in [0.1, 0.15) is 17.3 Å². The van der Waals surface area contributed by atoms with Crippen LogP contribution >= 0.6 is 0 Å². The van der Waals surface area contributed by atoms with E-state index >= 15 is 0 Å². The van der Waals surface area contributed by atoms with Gasteiger partial charge in [-0.05, 0) is 11.8 Å². The van der Waals surface area contributed by atoms with Crippen molar-refractivity contribution < 1.29 is 14.4 Å². The molecule has 0 aromatic rings. The fourth-order valence-electron chi connectivity index (χ4n) is 2.22. The van der Waals surface area contributed by atoms with Gasteiger partial charge in [-0.15, -0.1) is 0 Å². The summed E-state index contributed by atoms with van der Waals surface area (Å²) >= 11 is 0. The molecule has 0 heterocycles. The van der Waals surface area contributed by atoms with Crippen molar-refractivity contribution in [2.24, 2.45) is 17.8 Å². The molecule has 1 aliphatic carbocycles. The van der Waals surface area contributed by atoms with E-state index in [0.717, 1.165) is 0 Å². The zero-order valence-corrected chi connectivity index (χ0v) is 10.3. The zero-order valence-electron chi connectivity index (χ0n) is 10.3. The molecule has 1 fully saturated rings. The van der Waals surface area contributed by atoms with Crippen LogP contribution in [-0.2, 0) is 14.4 Å². The fraction of sp³-hybridized carbons (Fsp3) is 0.769. The predicted molar refractivity (Wildman–Crippen MR) is 61.0 cm³/mol. The zero-order chi connectivity index (χ0) is 12.3. The second kappa shape index (κ2) is 5.37. The minimum Gasteiger partial charge on any atom is -0.300 e. The predicted octanol–water partition coefficient (Wildman–Crippen LogP) is 2.18. The van der Waals surface area contributed by atoms with E-state index in [2.05, 4.69) is 0 Å².